The number of hydrogen-bond acceptors (Lipinski definition) is 9. The van der Waals surface area contributed by atoms with E-state index < -0.39 is 18.2 Å². The van der Waals surface area contributed by atoms with Crippen molar-refractivity contribution in [2.45, 2.75) is 12.4 Å². The number of guanidine groups is 1. The molecule has 1 aromatic carbocycles. The fourth-order valence-electron chi connectivity index (χ4n) is 2.79. The summed E-state index contributed by atoms with van der Waals surface area (Å²) in [6, 6.07) is 4.15. The highest BCUT2D eigenvalue weighted by molar-refractivity contribution is 6.31. The molecule has 6 N–H and O–H groups in total. The van der Waals surface area contributed by atoms with Crippen molar-refractivity contribution in [2.24, 2.45) is 4.99 Å². The van der Waals surface area contributed by atoms with Crippen LogP contribution in [0, 0.1) is 22.8 Å². The molecule has 0 saturated heterocycles. The van der Waals surface area contributed by atoms with E-state index in [4.69, 9.17) is 28.3 Å². The summed E-state index contributed by atoms with van der Waals surface area (Å²) in [4.78, 5) is 8.19. The minimum absolute atomic E-state index is 0.00497. The van der Waals surface area contributed by atoms with Crippen molar-refractivity contribution in [1.29, 1.82) is 10.5 Å². The van der Waals surface area contributed by atoms with Crippen LogP contribution in [0.25, 0.3) is 0 Å². The summed E-state index contributed by atoms with van der Waals surface area (Å²) in [5.41, 5.74) is 11.3. The lowest BCUT2D eigenvalue weighted by molar-refractivity contribution is -0.274. The second-order valence-corrected chi connectivity index (χ2v) is 6.01. The third kappa shape index (κ3) is 3.74. The van der Waals surface area contributed by atoms with Crippen LogP contribution in [0.1, 0.15) is 22.7 Å². The van der Waals surface area contributed by atoms with Crippen LogP contribution in [0.3, 0.4) is 0 Å². The number of hydrogen-bond donors (Lipinski definition) is 4. The molecule has 148 valence electrons. The van der Waals surface area contributed by atoms with Gasteiger partial charge in [-0.1, -0.05) is 17.7 Å². The van der Waals surface area contributed by atoms with E-state index in [1.165, 1.54) is 12.1 Å². The summed E-state index contributed by atoms with van der Waals surface area (Å²) in [7, 11) is 0. The Hall–Kier alpha value is -3.90. The molecular weight excluding hydrogens is 413 g/mol. The molecule has 0 amide bonds. The first kappa shape index (κ1) is 19.9. The first-order valence-electron chi connectivity index (χ1n) is 7.69. The fourth-order valence-corrected chi connectivity index (χ4v) is 3.06. The van der Waals surface area contributed by atoms with Crippen molar-refractivity contribution in [2.75, 3.05) is 16.8 Å². The lowest BCUT2D eigenvalue weighted by atomic mass is 9.94. The largest absolute Gasteiger partial charge is 0.573 e. The first-order valence-corrected chi connectivity index (χ1v) is 8.07. The maximum absolute atomic E-state index is 12.9. The number of pyridine rings is 1. The number of halogens is 4. The van der Waals surface area contributed by atoms with Crippen LogP contribution in [0.15, 0.2) is 23.2 Å². The van der Waals surface area contributed by atoms with Crippen LogP contribution in [-0.2, 0) is 0 Å². The molecule has 1 aromatic heterocycles. The Kier molecular flexibility index (Phi) is 4.97. The first-order chi connectivity index (χ1) is 13.7. The number of nitrogens with one attached hydrogen (secondary N) is 2. The maximum atomic E-state index is 12.9. The van der Waals surface area contributed by atoms with Crippen molar-refractivity contribution in [3.63, 3.8) is 0 Å². The van der Waals surface area contributed by atoms with E-state index in [-0.39, 0.29) is 45.0 Å². The van der Waals surface area contributed by atoms with Crippen LogP contribution in [0.2, 0.25) is 5.02 Å². The Morgan fingerprint density at radius 3 is 2.59 bits per heavy atom. The fraction of sp³-hybridized carbons (Fsp3) is 0.125. The summed E-state index contributed by atoms with van der Waals surface area (Å²) in [5, 5.41) is 22.9. The van der Waals surface area contributed by atoms with E-state index in [1.807, 2.05) is 0 Å². The van der Waals surface area contributed by atoms with Gasteiger partial charge in [-0.2, -0.15) is 10.5 Å². The number of aromatic nitrogens is 1. The van der Waals surface area contributed by atoms with Gasteiger partial charge in [0.15, 0.2) is 6.19 Å². The number of fused-ring (bicyclic) bond motifs is 1. The second-order valence-electron chi connectivity index (χ2n) is 5.60. The SMILES string of the molecule is N#CNC1=NC(c2c(Cl)cccc2OC(F)(F)F)c2c(nc(N)c(C#N)c2N)N1. The Morgan fingerprint density at radius 2 is 1.97 bits per heavy atom. The van der Waals surface area contributed by atoms with Crippen LogP contribution in [0.5, 0.6) is 5.75 Å². The zero-order valence-electron chi connectivity index (χ0n) is 14.2. The van der Waals surface area contributed by atoms with Crippen molar-refractivity contribution in [3.05, 3.63) is 39.9 Å². The quantitative estimate of drug-likeness (QED) is 0.424. The number of nitriles is 2. The average molecular weight is 423 g/mol. The molecule has 0 bridgehead atoms. The molecule has 0 spiro atoms. The molecule has 1 aliphatic rings. The number of nitrogens with zero attached hydrogens (tertiary/aromatic N) is 4. The molecule has 9 nitrogen and oxygen atoms in total. The predicted molar refractivity (Wildman–Crippen MR) is 97.6 cm³/mol. The minimum atomic E-state index is -5.00. The number of anilines is 3. The molecule has 2 heterocycles. The summed E-state index contributed by atoms with van der Waals surface area (Å²) < 4.78 is 42.8. The topological polar surface area (TPSA) is 158 Å². The number of ether oxygens (including phenoxy) is 1. The number of benzene rings is 1. The van der Waals surface area contributed by atoms with Gasteiger partial charge in [0.2, 0.25) is 5.96 Å². The molecule has 0 saturated carbocycles. The maximum Gasteiger partial charge on any atom is 0.573 e. The van der Waals surface area contributed by atoms with Crippen LogP contribution >= 0.6 is 11.6 Å². The Bertz CT molecular complexity index is 1100. The molecule has 2 aromatic rings. The highest BCUT2D eigenvalue weighted by atomic mass is 35.5. The molecule has 0 radical (unpaired) electrons. The molecule has 0 aliphatic carbocycles. The van der Waals surface area contributed by atoms with Gasteiger partial charge in [-0.05, 0) is 12.1 Å². The number of rotatable bonds is 2. The van der Waals surface area contributed by atoms with Gasteiger partial charge < -0.3 is 21.5 Å². The Labute approximate surface area is 166 Å². The number of nitrogen functional groups attached to an aromatic ring is 2. The molecule has 0 fully saturated rings. The van der Waals surface area contributed by atoms with E-state index >= 15 is 0 Å². The zero-order valence-corrected chi connectivity index (χ0v) is 14.9. The number of aliphatic imine (C=N–C) groups is 1. The number of alkyl halides is 3. The highest BCUT2D eigenvalue weighted by Crippen LogP contribution is 2.46. The van der Waals surface area contributed by atoms with Crippen LogP contribution in [0.4, 0.5) is 30.5 Å². The van der Waals surface area contributed by atoms with Crippen molar-refractivity contribution >= 4 is 34.9 Å². The lowest BCUT2D eigenvalue weighted by Crippen LogP contribution is -2.33. The minimum Gasteiger partial charge on any atom is -0.405 e. The zero-order chi connectivity index (χ0) is 21.3. The smallest absolute Gasteiger partial charge is 0.405 e. The third-order valence-electron chi connectivity index (χ3n) is 3.87. The van der Waals surface area contributed by atoms with Gasteiger partial charge in [0.1, 0.15) is 35.1 Å². The molecular formula is C16H10ClF3N8O. The van der Waals surface area contributed by atoms with Gasteiger partial charge in [0, 0.05) is 16.1 Å². The Balaban J connectivity index is 2.31. The van der Waals surface area contributed by atoms with Gasteiger partial charge >= 0.3 is 6.36 Å². The summed E-state index contributed by atoms with van der Waals surface area (Å²) in [6.07, 6.45) is -3.38. The highest BCUT2D eigenvalue weighted by Gasteiger charge is 2.37. The summed E-state index contributed by atoms with van der Waals surface area (Å²) >= 11 is 6.17. The van der Waals surface area contributed by atoms with E-state index in [0.717, 1.165) is 6.07 Å². The molecule has 13 heteroatoms. The molecule has 1 aliphatic heterocycles. The van der Waals surface area contributed by atoms with E-state index in [1.54, 1.807) is 12.3 Å². The standard InChI is InChI=1S/C16H10ClF3N8O/c17-7-2-1-3-8(29-16(18,19)20)9(7)12-10-11(23)6(4-21)13(24)27-14(10)28-15(26-12)25-5-22/h1-3,12H,(H6,23,24,25,26,27,28). The van der Waals surface area contributed by atoms with Gasteiger partial charge in [0.25, 0.3) is 0 Å². The van der Waals surface area contributed by atoms with Crippen molar-refractivity contribution in [1.82, 2.24) is 10.3 Å². The normalized spacial score (nSPS) is 15.2. The second kappa shape index (κ2) is 7.26. The molecule has 1 atom stereocenters. The summed E-state index contributed by atoms with van der Waals surface area (Å²) in [5.74, 6) is -0.981. The molecule has 1 unspecified atom stereocenters. The number of nitrogens with two attached hydrogens (primary N) is 2. The Morgan fingerprint density at radius 1 is 1.24 bits per heavy atom. The van der Waals surface area contributed by atoms with Crippen LogP contribution < -0.4 is 26.8 Å². The van der Waals surface area contributed by atoms with E-state index in [0.29, 0.717) is 0 Å². The average Bonchev–Trinajstić information content (AvgIpc) is 2.60. The van der Waals surface area contributed by atoms with Gasteiger partial charge in [0.05, 0.1) is 5.69 Å². The van der Waals surface area contributed by atoms with Crippen molar-refractivity contribution in [3.8, 4) is 18.0 Å². The van der Waals surface area contributed by atoms with E-state index in [9.17, 15) is 18.4 Å². The van der Waals surface area contributed by atoms with Crippen molar-refractivity contribution < 1.29 is 17.9 Å². The third-order valence-corrected chi connectivity index (χ3v) is 4.20. The van der Waals surface area contributed by atoms with Gasteiger partial charge in [-0.15, -0.1) is 13.2 Å². The van der Waals surface area contributed by atoms with Gasteiger partial charge in [-0.25, -0.2) is 9.98 Å². The van der Waals surface area contributed by atoms with Gasteiger partial charge in [-0.3, -0.25) is 5.32 Å². The summed E-state index contributed by atoms with van der Waals surface area (Å²) in [6.45, 7) is 0. The molecule has 3 rings (SSSR count). The molecule has 29 heavy (non-hydrogen) atoms. The van der Waals surface area contributed by atoms with Crippen LogP contribution in [-0.4, -0.2) is 17.3 Å². The monoisotopic (exact) mass is 422 g/mol. The predicted octanol–water partition coefficient (Wildman–Crippen LogP) is 2.61. The van der Waals surface area contributed by atoms with E-state index in [2.05, 4.69) is 25.3 Å². The lowest BCUT2D eigenvalue weighted by Gasteiger charge is -2.27.